The van der Waals surface area contributed by atoms with Gasteiger partial charge in [-0.3, -0.25) is 4.79 Å². The van der Waals surface area contributed by atoms with Crippen LogP contribution < -0.4 is 10.6 Å². The predicted octanol–water partition coefficient (Wildman–Crippen LogP) is 4.45. The van der Waals surface area contributed by atoms with E-state index in [1.807, 2.05) is 31.2 Å². The van der Waals surface area contributed by atoms with Gasteiger partial charge >= 0.3 is 12.1 Å². The van der Waals surface area contributed by atoms with Crippen molar-refractivity contribution in [1.82, 2.24) is 10.6 Å². The van der Waals surface area contributed by atoms with Crippen molar-refractivity contribution in [2.75, 3.05) is 6.61 Å². The van der Waals surface area contributed by atoms with Crippen LogP contribution in [0.5, 0.6) is 0 Å². The summed E-state index contributed by atoms with van der Waals surface area (Å²) in [6, 6.07) is 15.0. The molecular formula is C27H32N2O5. The normalized spacial score (nSPS) is 16.1. The second kappa shape index (κ2) is 10.7. The predicted molar refractivity (Wildman–Crippen MR) is 128 cm³/mol. The first kappa shape index (κ1) is 23.8. The number of aliphatic carboxylic acids is 1. The lowest BCUT2D eigenvalue weighted by molar-refractivity contribution is -0.142. The molecule has 2 amide bonds. The minimum Gasteiger partial charge on any atom is -0.480 e. The highest BCUT2D eigenvalue weighted by Gasteiger charge is 2.37. The number of carbonyl (C=O) groups excluding carboxylic acids is 2. The molecule has 3 N–H and O–H groups in total. The van der Waals surface area contributed by atoms with Crippen LogP contribution in [0.3, 0.4) is 0 Å². The number of benzene rings is 2. The van der Waals surface area contributed by atoms with Crippen LogP contribution in [-0.4, -0.2) is 41.8 Å². The molecular weight excluding hydrogens is 432 g/mol. The van der Waals surface area contributed by atoms with Gasteiger partial charge in [-0.2, -0.15) is 0 Å². The number of hydrogen-bond acceptors (Lipinski definition) is 4. The molecule has 0 radical (unpaired) electrons. The number of unbranched alkanes of at least 4 members (excludes halogenated alkanes) is 1. The highest BCUT2D eigenvalue weighted by Crippen LogP contribution is 2.44. The van der Waals surface area contributed by atoms with Crippen molar-refractivity contribution >= 4 is 18.0 Å². The molecule has 2 aliphatic rings. The van der Waals surface area contributed by atoms with Gasteiger partial charge in [0, 0.05) is 18.4 Å². The van der Waals surface area contributed by atoms with E-state index in [4.69, 9.17) is 4.74 Å². The SMILES string of the molecule is CCCC[C@@H](CC(=O)NC(C(=O)O)C1CC1)NC(=O)OCC1c2ccccc2-c2ccccc21. The Bertz CT molecular complexity index is 1000. The van der Waals surface area contributed by atoms with Crippen LogP contribution in [-0.2, 0) is 14.3 Å². The fourth-order valence-corrected chi connectivity index (χ4v) is 4.75. The van der Waals surface area contributed by atoms with Crippen molar-refractivity contribution in [2.24, 2.45) is 5.92 Å². The van der Waals surface area contributed by atoms with Gasteiger partial charge in [0.1, 0.15) is 12.6 Å². The number of ether oxygens (including phenoxy) is 1. The van der Waals surface area contributed by atoms with Gasteiger partial charge in [0.05, 0.1) is 0 Å². The van der Waals surface area contributed by atoms with E-state index in [1.54, 1.807) is 0 Å². The Morgan fingerprint density at radius 1 is 1.00 bits per heavy atom. The van der Waals surface area contributed by atoms with Crippen LogP contribution in [0.4, 0.5) is 4.79 Å². The summed E-state index contributed by atoms with van der Waals surface area (Å²) in [4.78, 5) is 36.6. The molecule has 0 saturated heterocycles. The van der Waals surface area contributed by atoms with Crippen molar-refractivity contribution in [1.29, 1.82) is 0 Å². The van der Waals surface area contributed by atoms with Gasteiger partial charge in [-0.25, -0.2) is 9.59 Å². The summed E-state index contributed by atoms with van der Waals surface area (Å²) in [7, 11) is 0. The van der Waals surface area contributed by atoms with Crippen molar-refractivity contribution in [3.05, 3.63) is 59.7 Å². The quantitative estimate of drug-likeness (QED) is 0.456. The van der Waals surface area contributed by atoms with Crippen molar-refractivity contribution in [3.8, 4) is 11.1 Å². The Hall–Kier alpha value is -3.35. The van der Waals surface area contributed by atoms with Crippen LogP contribution in [0, 0.1) is 5.92 Å². The van der Waals surface area contributed by atoms with E-state index in [9.17, 15) is 19.5 Å². The van der Waals surface area contributed by atoms with E-state index in [0.717, 1.165) is 47.9 Å². The minimum absolute atomic E-state index is 0.00522. The summed E-state index contributed by atoms with van der Waals surface area (Å²) < 4.78 is 5.62. The molecule has 4 rings (SSSR count). The van der Waals surface area contributed by atoms with Crippen LogP contribution in [0.15, 0.2) is 48.5 Å². The molecule has 7 heteroatoms. The molecule has 2 aliphatic carbocycles. The molecule has 0 aromatic heterocycles. The van der Waals surface area contributed by atoms with Crippen molar-refractivity contribution in [2.45, 2.75) is 63.5 Å². The molecule has 1 fully saturated rings. The number of carboxylic acid groups (broad SMARTS) is 1. The van der Waals surface area contributed by atoms with Gasteiger partial charge in [0.25, 0.3) is 0 Å². The Balaban J connectivity index is 1.35. The average Bonchev–Trinajstić information content (AvgIpc) is 3.62. The van der Waals surface area contributed by atoms with Crippen LogP contribution in [0.1, 0.15) is 62.5 Å². The zero-order valence-electron chi connectivity index (χ0n) is 19.5. The van der Waals surface area contributed by atoms with Crippen LogP contribution in [0.2, 0.25) is 0 Å². The van der Waals surface area contributed by atoms with Gasteiger partial charge in [-0.1, -0.05) is 68.3 Å². The molecule has 0 aliphatic heterocycles. The number of fused-ring (bicyclic) bond motifs is 3. The molecule has 0 bridgehead atoms. The highest BCUT2D eigenvalue weighted by molar-refractivity contribution is 5.84. The first-order chi connectivity index (χ1) is 16.5. The lowest BCUT2D eigenvalue weighted by atomic mass is 9.98. The Kier molecular flexibility index (Phi) is 7.50. The largest absolute Gasteiger partial charge is 0.480 e. The zero-order chi connectivity index (χ0) is 24.1. The average molecular weight is 465 g/mol. The van der Waals surface area contributed by atoms with Crippen LogP contribution >= 0.6 is 0 Å². The smallest absolute Gasteiger partial charge is 0.407 e. The maximum Gasteiger partial charge on any atom is 0.407 e. The molecule has 1 unspecified atom stereocenters. The number of carboxylic acids is 1. The maximum absolute atomic E-state index is 12.7. The molecule has 34 heavy (non-hydrogen) atoms. The number of hydrogen-bond donors (Lipinski definition) is 3. The Morgan fingerprint density at radius 2 is 1.62 bits per heavy atom. The van der Waals surface area contributed by atoms with Crippen molar-refractivity contribution in [3.63, 3.8) is 0 Å². The third kappa shape index (κ3) is 5.58. The van der Waals surface area contributed by atoms with Crippen molar-refractivity contribution < 1.29 is 24.2 Å². The summed E-state index contributed by atoms with van der Waals surface area (Å²) >= 11 is 0. The van der Waals surface area contributed by atoms with E-state index in [1.165, 1.54) is 0 Å². The Morgan fingerprint density at radius 3 is 2.18 bits per heavy atom. The molecule has 0 spiro atoms. The van der Waals surface area contributed by atoms with Gasteiger partial charge < -0.3 is 20.5 Å². The summed E-state index contributed by atoms with van der Waals surface area (Å²) in [6.07, 6.45) is 3.48. The molecule has 2 aromatic carbocycles. The van der Waals surface area contributed by atoms with E-state index in [-0.39, 0.29) is 30.8 Å². The summed E-state index contributed by atoms with van der Waals surface area (Å²) in [5, 5.41) is 14.8. The maximum atomic E-state index is 12.7. The number of rotatable bonds is 11. The lowest BCUT2D eigenvalue weighted by Crippen LogP contribution is -2.46. The number of alkyl carbamates (subject to hydrolysis) is 1. The third-order valence-electron chi connectivity index (χ3n) is 6.68. The summed E-state index contributed by atoms with van der Waals surface area (Å²) in [6.45, 7) is 2.24. The molecule has 2 atom stereocenters. The summed E-state index contributed by atoms with van der Waals surface area (Å²) in [5.41, 5.74) is 4.60. The monoisotopic (exact) mass is 464 g/mol. The standard InChI is InChI=1S/C27H32N2O5/c1-2-3-8-18(15-24(30)29-25(26(31)32)17-13-14-17)28-27(33)34-16-23-21-11-6-4-9-19(21)20-10-5-7-12-22(20)23/h4-7,9-12,17-18,23,25H,2-3,8,13-16H2,1H3,(H,28,33)(H,29,30)(H,31,32)/t18-,25?/m0/s1. The molecule has 2 aromatic rings. The van der Waals surface area contributed by atoms with E-state index in [2.05, 4.69) is 34.9 Å². The third-order valence-corrected chi connectivity index (χ3v) is 6.68. The second-order valence-electron chi connectivity index (χ2n) is 9.23. The topological polar surface area (TPSA) is 105 Å². The highest BCUT2D eigenvalue weighted by atomic mass is 16.5. The van der Waals surface area contributed by atoms with E-state index in [0.29, 0.717) is 6.42 Å². The number of amides is 2. The number of nitrogens with one attached hydrogen (secondary N) is 2. The first-order valence-corrected chi connectivity index (χ1v) is 12.1. The van der Waals surface area contributed by atoms with Gasteiger partial charge in [0.2, 0.25) is 5.91 Å². The van der Waals surface area contributed by atoms with E-state index >= 15 is 0 Å². The van der Waals surface area contributed by atoms with Gasteiger partial charge in [-0.15, -0.1) is 0 Å². The minimum atomic E-state index is -1.01. The zero-order valence-corrected chi connectivity index (χ0v) is 19.5. The summed E-state index contributed by atoms with van der Waals surface area (Å²) in [5.74, 6) is -1.40. The van der Waals surface area contributed by atoms with E-state index < -0.39 is 24.1 Å². The molecule has 180 valence electrons. The van der Waals surface area contributed by atoms with Crippen LogP contribution in [0.25, 0.3) is 11.1 Å². The Labute approximate surface area is 199 Å². The second-order valence-corrected chi connectivity index (χ2v) is 9.23. The molecule has 7 nitrogen and oxygen atoms in total. The fourth-order valence-electron chi connectivity index (χ4n) is 4.75. The molecule has 1 saturated carbocycles. The lowest BCUT2D eigenvalue weighted by Gasteiger charge is -2.21. The van der Waals surface area contributed by atoms with Gasteiger partial charge in [-0.05, 0) is 47.4 Å². The van der Waals surface area contributed by atoms with Gasteiger partial charge in [0.15, 0.2) is 0 Å². The fraction of sp³-hybridized carbons (Fsp3) is 0.444. The molecule has 0 heterocycles. The first-order valence-electron chi connectivity index (χ1n) is 12.1. The number of carbonyl (C=O) groups is 3.